The van der Waals surface area contributed by atoms with E-state index in [0.29, 0.717) is 121 Å². The molecule has 3 aromatic heterocycles. The molecule has 23 heteroatoms. The van der Waals surface area contributed by atoms with Crippen LogP contribution in [0, 0.1) is 28.8 Å². The lowest BCUT2D eigenvalue weighted by atomic mass is 9.91. The number of hydrogen-bond donors (Lipinski definition) is 3. The van der Waals surface area contributed by atoms with Gasteiger partial charge in [-0.25, -0.2) is 25.9 Å². The summed E-state index contributed by atoms with van der Waals surface area (Å²) in [6.45, 7) is 9.37. The number of fused-ring (bicyclic) bond motifs is 3. The van der Waals surface area contributed by atoms with E-state index in [2.05, 4.69) is 19.9 Å². The first-order valence-corrected chi connectivity index (χ1v) is 29.5. The normalized spacial score (nSPS) is 17.2. The summed E-state index contributed by atoms with van der Waals surface area (Å²) >= 11 is 6.30. The highest BCUT2D eigenvalue weighted by atomic mass is 35.5. The number of amides is 1. The Balaban J connectivity index is 0.912. The molecule has 4 aliphatic heterocycles. The molecule has 0 saturated carbocycles. The summed E-state index contributed by atoms with van der Waals surface area (Å²) in [5.74, 6) is -1.10. The number of sulfonamides is 1. The van der Waals surface area contributed by atoms with E-state index in [9.17, 15) is 31.7 Å². The summed E-state index contributed by atoms with van der Waals surface area (Å²) in [5, 5.41) is 17.0. The van der Waals surface area contributed by atoms with Crippen LogP contribution in [0.5, 0.6) is 11.6 Å². The third kappa shape index (κ3) is 10.1. The van der Waals surface area contributed by atoms with Crippen LogP contribution in [-0.4, -0.2) is 114 Å². The number of nitro groups is 1. The van der Waals surface area contributed by atoms with Gasteiger partial charge < -0.3 is 43.8 Å². The first kappa shape index (κ1) is 52.6. The van der Waals surface area contributed by atoms with Crippen LogP contribution in [0.15, 0.2) is 101 Å². The minimum atomic E-state index is -4.75. The lowest BCUT2D eigenvalue weighted by Crippen LogP contribution is -2.46. The fourth-order valence-electron chi connectivity index (χ4n) is 11.4. The molecule has 1 amide bonds. The molecular weight excluding hydrogens is 1070 g/mol. The van der Waals surface area contributed by atoms with Gasteiger partial charge in [0.2, 0.25) is 5.88 Å². The van der Waals surface area contributed by atoms with Crippen molar-refractivity contribution in [1.82, 2.24) is 19.3 Å². The number of carbonyl (C=O) groups excluding carboxylic acids is 1. The molecule has 78 heavy (non-hydrogen) atoms. The number of benzene rings is 4. The monoisotopic (exact) mass is 1120 g/mol. The number of anilines is 5. The van der Waals surface area contributed by atoms with Gasteiger partial charge in [-0.05, 0) is 118 Å². The number of aromatic nitrogens is 3. The van der Waals surface area contributed by atoms with E-state index in [1.807, 2.05) is 64.6 Å². The van der Waals surface area contributed by atoms with Crippen molar-refractivity contribution in [2.45, 2.75) is 61.9 Å². The van der Waals surface area contributed by atoms with Crippen LogP contribution in [0.25, 0.3) is 33.4 Å². The first-order valence-electron chi connectivity index (χ1n) is 25.7. The number of pyridine rings is 1. The molecule has 7 heterocycles. The molecule has 4 aliphatic rings. The zero-order valence-electron chi connectivity index (χ0n) is 43.2. The second kappa shape index (κ2) is 20.8. The molecule has 11 rings (SSSR count). The Hall–Kier alpha value is -7.40. The number of rotatable bonds is 12. The predicted octanol–water partition coefficient (Wildman–Crippen LogP) is 9.66. The molecule has 7 aromatic rings. The lowest BCUT2D eigenvalue weighted by molar-refractivity contribution is -0.384. The SMILES string of the molecule is Cc1c(S(C)(=O)=O)c(-c2cc(F)cc(N3CCN(c4ccc(C(=O)NS(=O)(=O)c5cc6c(c([N+](=O)[O-])c5)NC(C5CCOCC5)CO6)c(N5CCCOc6nc7[nH]ccc7cc65)c4)CC3)c2)c(-c2ccc(Cl)cc2)n1C(C)C. The molecule has 2 saturated heterocycles. The predicted molar refractivity (Wildman–Crippen MR) is 297 cm³/mol. The maximum atomic E-state index is 16.1. The molecule has 4 aromatic carbocycles. The molecule has 19 nitrogen and oxygen atoms in total. The summed E-state index contributed by atoms with van der Waals surface area (Å²) in [7, 11) is -8.58. The number of hydrogen-bond acceptors (Lipinski definition) is 15. The topological polar surface area (TPSA) is 224 Å². The van der Waals surface area contributed by atoms with Crippen LogP contribution >= 0.6 is 11.6 Å². The van der Waals surface area contributed by atoms with E-state index < -0.39 is 47.1 Å². The summed E-state index contributed by atoms with van der Waals surface area (Å²) < 4.78 is 93.7. The van der Waals surface area contributed by atoms with Gasteiger partial charge in [0.1, 0.15) is 23.8 Å². The van der Waals surface area contributed by atoms with Gasteiger partial charge in [-0.3, -0.25) is 14.9 Å². The third-order valence-electron chi connectivity index (χ3n) is 15.0. The van der Waals surface area contributed by atoms with Crippen LogP contribution in [-0.2, 0) is 24.6 Å². The van der Waals surface area contributed by atoms with E-state index in [4.69, 9.17) is 30.8 Å². The number of carbonyl (C=O) groups is 1. The zero-order chi connectivity index (χ0) is 54.8. The summed E-state index contributed by atoms with van der Waals surface area (Å²) in [6, 6.07) is 22.3. The van der Waals surface area contributed by atoms with Crippen molar-refractivity contribution < 1.29 is 45.2 Å². The van der Waals surface area contributed by atoms with Gasteiger partial charge in [0.05, 0.1) is 44.3 Å². The number of halogens is 2. The second-order valence-electron chi connectivity index (χ2n) is 20.4. The van der Waals surface area contributed by atoms with Crippen LogP contribution in [0.2, 0.25) is 5.02 Å². The number of sulfone groups is 1. The number of nitro benzene ring substituents is 1. The van der Waals surface area contributed by atoms with Crippen LogP contribution in [0.1, 0.15) is 55.2 Å². The summed E-state index contributed by atoms with van der Waals surface area (Å²) in [5.41, 5.74) is 5.01. The molecule has 0 aliphatic carbocycles. The fourth-order valence-corrected chi connectivity index (χ4v) is 13.7. The average molecular weight is 1120 g/mol. The number of nitrogens with zero attached hydrogens (tertiary/aromatic N) is 6. The van der Waals surface area contributed by atoms with Gasteiger partial charge in [-0.2, -0.15) is 4.98 Å². The van der Waals surface area contributed by atoms with Crippen molar-refractivity contribution >= 4 is 82.5 Å². The lowest BCUT2D eigenvalue weighted by Gasteiger charge is -2.38. The van der Waals surface area contributed by atoms with Crippen molar-refractivity contribution in [2.75, 3.05) is 85.4 Å². The average Bonchev–Trinajstić information content (AvgIpc) is 4.18. The van der Waals surface area contributed by atoms with Crippen LogP contribution in [0.3, 0.4) is 0 Å². The van der Waals surface area contributed by atoms with Crippen LogP contribution < -0.4 is 34.2 Å². The molecule has 0 radical (unpaired) electrons. The number of H-pyrrole nitrogens is 1. The van der Waals surface area contributed by atoms with Crippen molar-refractivity contribution in [2.24, 2.45) is 5.92 Å². The van der Waals surface area contributed by atoms with Crippen molar-refractivity contribution in [3.05, 3.63) is 123 Å². The number of piperazine rings is 1. The van der Waals surface area contributed by atoms with Crippen molar-refractivity contribution in [1.29, 1.82) is 0 Å². The number of nitrogens with one attached hydrogen (secondary N) is 3. The third-order valence-corrected chi connectivity index (χ3v) is 17.8. The van der Waals surface area contributed by atoms with Crippen molar-refractivity contribution in [3.63, 3.8) is 0 Å². The van der Waals surface area contributed by atoms with Crippen molar-refractivity contribution in [3.8, 4) is 34.0 Å². The van der Waals surface area contributed by atoms with Crippen LogP contribution in [0.4, 0.5) is 38.5 Å². The molecule has 0 spiro atoms. The highest BCUT2D eigenvalue weighted by Gasteiger charge is 2.37. The largest absolute Gasteiger partial charge is 0.489 e. The highest BCUT2D eigenvalue weighted by molar-refractivity contribution is 7.91. The van der Waals surface area contributed by atoms with E-state index in [-0.39, 0.29) is 46.5 Å². The van der Waals surface area contributed by atoms with Gasteiger partial charge in [-0.1, -0.05) is 23.7 Å². The smallest absolute Gasteiger partial charge is 0.297 e. The Kier molecular flexibility index (Phi) is 14.0. The zero-order valence-corrected chi connectivity index (χ0v) is 45.6. The summed E-state index contributed by atoms with van der Waals surface area (Å²) in [6.07, 6.45) is 4.91. The molecule has 1 unspecified atom stereocenters. The number of ether oxygens (including phenoxy) is 3. The second-order valence-corrected chi connectivity index (χ2v) is 24.4. The minimum absolute atomic E-state index is 0.00656. The maximum absolute atomic E-state index is 16.1. The van der Waals surface area contributed by atoms with E-state index in [1.165, 1.54) is 24.5 Å². The van der Waals surface area contributed by atoms with Gasteiger partial charge in [0, 0.05) is 110 Å². The summed E-state index contributed by atoms with van der Waals surface area (Å²) in [4.78, 5) is 39.9. The van der Waals surface area contributed by atoms with E-state index in [1.54, 1.807) is 37.4 Å². The standard InChI is InChI=1S/C55H57ClFN9O10S2/c1-32(2)65-33(3)52(77(4,70)71)49(51(65)35-6-8-38(56)9-7-35)37-24-39(57)27-41(25-37)63-19-17-62(18-20-63)40-10-11-43(45(28-40)64-16-5-21-75-55-47(64)26-36-12-15-58-53(36)60-55)54(67)61-78(72,73)42-29-46(66(68)69)50-48(30-42)76-31-44(59-50)34-13-22-74-23-14-34/h6-12,15,24-30,32,34,44,59H,5,13-14,16-23,31H2,1-4H3,(H,58,60)(H,61,67). The molecule has 408 valence electrons. The minimum Gasteiger partial charge on any atom is -0.489 e. The quantitative estimate of drug-likeness (QED) is 0.0765. The first-order chi connectivity index (χ1) is 37.3. The number of aromatic amines is 1. The van der Waals surface area contributed by atoms with Gasteiger partial charge >= 0.3 is 0 Å². The molecular formula is C55H57ClFN9O10S2. The maximum Gasteiger partial charge on any atom is 0.297 e. The van der Waals surface area contributed by atoms with E-state index in [0.717, 1.165) is 29.9 Å². The van der Waals surface area contributed by atoms with E-state index >= 15 is 4.39 Å². The molecule has 3 N–H and O–H groups in total. The Morgan fingerprint density at radius 3 is 2.31 bits per heavy atom. The van der Waals surface area contributed by atoms with Gasteiger partial charge in [0.25, 0.3) is 21.6 Å². The molecule has 0 bridgehead atoms. The highest BCUT2D eigenvalue weighted by Crippen LogP contribution is 2.46. The molecule has 1 atom stereocenters. The Morgan fingerprint density at radius 2 is 1.60 bits per heavy atom. The van der Waals surface area contributed by atoms with Gasteiger partial charge in [0.15, 0.2) is 21.3 Å². The fraction of sp³-hybridized carbons (Fsp3) is 0.345. The Bertz CT molecular complexity index is 3750. The molecule has 2 fully saturated rings. The van der Waals surface area contributed by atoms with Gasteiger partial charge in [-0.15, -0.1) is 0 Å². The Morgan fingerprint density at radius 1 is 0.872 bits per heavy atom. The Labute approximate surface area is 455 Å².